The summed E-state index contributed by atoms with van der Waals surface area (Å²) in [6.45, 7) is 2.45. The molecule has 1 aromatic heterocycles. The van der Waals surface area contributed by atoms with Crippen molar-refractivity contribution in [3.8, 4) is 5.75 Å². The Kier molecular flexibility index (Phi) is 5.39. The van der Waals surface area contributed by atoms with Crippen molar-refractivity contribution < 1.29 is 4.74 Å². The third kappa shape index (κ3) is 4.04. The first-order valence-electron chi connectivity index (χ1n) is 6.09. The van der Waals surface area contributed by atoms with Crippen molar-refractivity contribution in [1.82, 2.24) is 9.97 Å². The number of aryl methyl sites for hydroxylation is 1. The van der Waals surface area contributed by atoms with E-state index >= 15 is 0 Å². The van der Waals surface area contributed by atoms with Gasteiger partial charge in [-0.25, -0.2) is 9.97 Å². The first-order valence-corrected chi connectivity index (χ1v) is 7.55. The van der Waals surface area contributed by atoms with Gasteiger partial charge in [0.05, 0.1) is 9.26 Å². The molecule has 0 atom stereocenters. The van der Waals surface area contributed by atoms with Gasteiger partial charge >= 0.3 is 0 Å². The van der Waals surface area contributed by atoms with Crippen molar-refractivity contribution in [3.63, 3.8) is 0 Å². The van der Waals surface area contributed by atoms with Crippen LogP contribution < -0.4 is 4.74 Å². The number of halogens is 2. The van der Waals surface area contributed by atoms with Crippen molar-refractivity contribution in [2.45, 2.75) is 26.4 Å². The molecule has 0 aliphatic heterocycles. The van der Waals surface area contributed by atoms with Gasteiger partial charge in [0.2, 0.25) is 0 Å². The molecule has 1 heterocycles. The average Bonchev–Trinajstić information content (AvgIpc) is 2.43. The van der Waals surface area contributed by atoms with Crippen LogP contribution in [0.15, 0.2) is 30.3 Å². The largest absolute Gasteiger partial charge is 0.486 e. The zero-order valence-corrected chi connectivity index (χ0v) is 13.5. The summed E-state index contributed by atoms with van der Waals surface area (Å²) < 4.78 is 6.57. The highest BCUT2D eigenvalue weighted by atomic mass is 127. The Bertz CT molecular complexity index is 549. The Morgan fingerprint density at radius 1 is 1.21 bits per heavy atom. The van der Waals surface area contributed by atoms with Crippen LogP contribution in [0.25, 0.3) is 0 Å². The Morgan fingerprint density at radius 2 is 1.95 bits per heavy atom. The monoisotopic (exact) mass is 388 g/mol. The molecule has 2 rings (SSSR count). The van der Waals surface area contributed by atoms with Crippen LogP contribution in [0, 0.1) is 3.57 Å². The van der Waals surface area contributed by atoms with Crippen molar-refractivity contribution in [1.29, 1.82) is 0 Å². The molecule has 0 aliphatic rings. The molecule has 1 aromatic carbocycles. The highest BCUT2D eigenvalue weighted by molar-refractivity contribution is 14.1. The summed E-state index contributed by atoms with van der Waals surface area (Å²) >= 11 is 8.31. The number of benzene rings is 1. The summed E-state index contributed by atoms with van der Waals surface area (Å²) in [5.74, 6) is 1.43. The van der Waals surface area contributed by atoms with Gasteiger partial charge in [-0.2, -0.15) is 0 Å². The zero-order valence-electron chi connectivity index (χ0n) is 10.6. The molecular formula is C14H14ClIN2O. The fourth-order valence-corrected chi connectivity index (χ4v) is 2.36. The third-order valence-electron chi connectivity index (χ3n) is 2.52. The van der Waals surface area contributed by atoms with E-state index in [4.69, 9.17) is 16.3 Å². The smallest absolute Gasteiger partial charge is 0.167 e. The molecule has 0 aliphatic carbocycles. The summed E-state index contributed by atoms with van der Waals surface area (Å²) in [5, 5.41) is 0.505. The minimum absolute atomic E-state index is 0.331. The van der Waals surface area contributed by atoms with Crippen LogP contribution in [0.5, 0.6) is 5.75 Å². The molecule has 0 amide bonds. The lowest BCUT2D eigenvalue weighted by Crippen LogP contribution is -2.07. The van der Waals surface area contributed by atoms with Gasteiger partial charge in [-0.1, -0.05) is 43.1 Å². The van der Waals surface area contributed by atoms with Crippen molar-refractivity contribution in [3.05, 3.63) is 50.6 Å². The number of rotatable bonds is 5. The average molecular weight is 389 g/mol. The van der Waals surface area contributed by atoms with Gasteiger partial charge < -0.3 is 4.74 Å². The fourth-order valence-electron chi connectivity index (χ4n) is 1.64. The van der Waals surface area contributed by atoms with Gasteiger partial charge in [0, 0.05) is 0 Å². The number of ether oxygens (including phenoxy) is 1. The highest BCUT2D eigenvalue weighted by Crippen LogP contribution is 2.21. The van der Waals surface area contributed by atoms with Gasteiger partial charge in [0.25, 0.3) is 0 Å². The van der Waals surface area contributed by atoms with Crippen molar-refractivity contribution in [2.24, 2.45) is 0 Å². The molecule has 0 fully saturated rings. The normalized spacial score (nSPS) is 10.5. The van der Waals surface area contributed by atoms with E-state index in [0.717, 1.165) is 27.9 Å². The SMILES string of the molecule is CCCc1nc(COc2ccccc2)nc(Cl)c1I. The third-order valence-corrected chi connectivity index (χ3v) is 4.25. The second kappa shape index (κ2) is 7.05. The molecule has 0 unspecified atom stereocenters. The number of hydrogen-bond donors (Lipinski definition) is 0. The molecule has 0 saturated carbocycles. The Hall–Kier alpha value is -0.880. The quantitative estimate of drug-likeness (QED) is 0.567. The molecule has 19 heavy (non-hydrogen) atoms. The predicted octanol–water partition coefficient (Wildman–Crippen LogP) is 4.27. The van der Waals surface area contributed by atoms with E-state index < -0.39 is 0 Å². The molecule has 0 N–H and O–H groups in total. The van der Waals surface area contributed by atoms with E-state index in [1.165, 1.54) is 0 Å². The van der Waals surface area contributed by atoms with E-state index in [1.807, 2.05) is 30.3 Å². The van der Waals surface area contributed by atoms with Crippen LogP contribution >= 0.6 is 34.2 Å². The minimum Gasteiger partial charge on any atom is -0.486 e. The lowest BCUT2D eigenvalue weighted by Gasteiger charge is -2.09. The van der Waals surface area contributed by atoms with Crippen LogP contribution in [0.1, 0.15) is 24.9 Å². The summed E-state index contributed by atoms with van der Waals surface area (Å²) in [7, 11) is 0. The number of hydrogen-bond acceptors (Lipinski definition) is 3. The van der Waals surface area contributed by atoms with Crippen LogP contribution in [0.2, 0.25) is 5.15 Å². The molecule has 0 radical (unpaired) electrons. The van der Waals surface area contributed by atoms with E-state index in [9.17, 15) is 0 Å². The van der Waals surface area contributed by atoms with Crippen molar-refractivity contribution >= 4 is 34.2 Å². The van der Waals surface area contributed by atoms with Crippen LogP contribution in [-0.4, -0.2) is 9.97 Å². The maximum absolute atomic E-state index is 6.12. The zero-order chi connectivity index (χ0) is 13.7. The van der Waals surface area contributed by atoms with Crippen LogP contribution in [0.4, 0.5) is 0 Å². The lowest BCUT2D eigenvalue weighted by atomic mass is 10.2. The molecule has 0 spiro atoms. The Balaban J connectivity index is 2.12. The molecule has 0 saturated heterocycles. The molecular weight excluding hydrogens is 375 g/mol. The summed E-state index contributed by atoms with van der Waals surface area (Å²) in [6, 6.07) is 9.62. The summed E-state index contributed by atoms with van der Waals surface area (Å²) in [5.41, 5.74) is 0.995. The standard InChI is InChI=1S/C14H14ClIN2O/c1-2-6-11-13(16)14(15)18-12(17-11)9-19-10-7-4-3-5-8-10/h3-5,7-8H,2,6,9H2,1H3. The van der Waals surface area contributed by atoms with Gasteiger partial charge in [0.15, 0.2) is 5.82 Å². The number of nitrogens with zero attached hydrogens (tertiary/aromatic N) is 2. The topological polar surface area (TPSA) is 35.0 Å². The van der Waals surface area contributed by atoms with Gasteiger partial charge in [0.1, 0.15) is 17.5 Å². The number of para-hydroxylation sites is 1. The predicted molar refractivity (Wildman–Crippen MR) is 84.5 cm³/mol. The van der Waals surface area contributed by atoms with E-state index in [1.54, 1.807) is 0 Å². The molecule has 5 heteroatoms. The molecule has 2 aromatic rings. The maximum Gasteiger partial charge on any atom is 0.167 e. The van der Waals surface area contributed by atoms with E-state index in [0.29, 0.717) is 17.6 Å². The van der Waals surface area contributed by atoms with Crippen molar-refractivity contribution in [2.75, 3.05) is 0 Å². The second-order valence-corrected chi connectivity index (χ2v) is 5.48. The van der Waals surface area contributed by atoms with Gasteiger partial charge in [-0.15, -0.1) is 0 Å². The van der Waals surface area contributed by atoms with Crippen LogP contribution in [0.3, 0.4) is 0 Å². The fraction of sp³-hybridized carbons (Fsp3) is 0.286. The van der Waals surface area contributed by atoms with E-state index in [-0.39, 0.29) is 0 Å². The molecule has 3 nitrogen and oxygen atoms in total. The second-order valence-electron chi connectivity index (χ2n) is 4.04. The first-order chi connectivity index (χ1) is 9.20. The minimum atomic E-state index is 0.331. The molecule has 0 bridgehead atoms. The van der Waals surface area contributed by atoms with E-state index in [2.05, 4.69) is 39.5 Å². The van der Waals surface area contributed by atoms with Gasteiger partial charge in [-0.05, 0) is 41.1 Å². The van der Waals surface area contributed by atoms with Crippen LogP contribution in [-0.2, 0) is 13.0 Å². The number of aromatic nitrogens is 2. The summed E-state index contributed by atoms with van der Waals surface area (Å²) in [6.07, 6.45) is 1.93. The Morgan fingerprint density at radius 3 is 2.63 bits per heavy atom. The first kappa shape index (κ1) is 14.5. The van der Waals surface area contributed by atoms with Gasteiger partial charge in [-0.3, -0.25) is 0 Å². The maximum atomic E-state index is 6.12. The lowest BCUT2D eigenvalue weighted by molar-refractivity contribution is 0.295. The summed E-state index contributed by atoms with van der Waals surface area (Å²) in [4.78, 5) is 8.76. The molecule has 100 valence electrons. The Labute approximate surface area is 131 Å². The highest BCUT2D eigenvalue weighted by Gasteiger charge is 2.10.